The maximum atomic E-state index is 12.8. The highest BCUT2D eigenvalue weighted by Gasteiger charge is 2.43. The van der Waals surface area contributed by atoms with Crippen molar-refractivity contribution in [2.45, 2.75) is 12.5 Å². The summed E-state index contributed by atoms with van der Waals surface area (Å²) in [7, 11) is 0. The summed E-state index contributed by atoms with van der Waals surface area (Å²) in [4.78, 5) is 30.7. The van der Waals surface area contributed by atoms with Gasteiger partial charge >= 0.3 is 0 Å². The maximum Gasteiger partial charge on any atom is 0.251 e. The van der Waals surface area contributed by atoms with E-state index in [4.69, 9.17) is 5.11 Å². The SMILES string of the molecule is O=C1CC(N2CCN(CCO)CC2)C(=O)N1c1ccccc1Br. The zero-order valence-corrected chi connectivity index (χ0v) is 14.4. The smallest absolute Gasteiger partial charge is 0.251 e. The molecule has 0 spiro atoms. The summed E-state index contributed by atoms with van der Waals surface area (Å²) in [5.74, 6) is -0.290. The predicted molar refractivity (Wildman–Crippen MR) is 90.1 cm³/mol. The Hall–Kier alpha value is -1.28. The monoisotopic (exact) mass is 381 g/mol. The van der Waals surface area contributed by atoms with Crippen LogP contribution < -0.4 is 4.90 Å². The zero-order valence-electron chi connectivity index (χ0n) is 12.8. The van der Waals surface area contributed by atoms with E-state index in [-0.39, 0.29) is 30.9 Å². The average Bonchev–Trinajstić information content (AvgIpc) is 2.84. The van der Waals surface area contributed by atoms with Crippen LogP contribution in [0.1, 0.15) is 6.42 Å². The number of anilines is 1. The van der Waals surface area contributed by atoms with Crippen LogP contribution in [0.2, 0.25) is 0 Å². The highest BCUT2D eigenvalue weighted by atomic mass is 79.9. The molecule has 1 atom stereocenters. The van der Waals surface area contributed by atoms with Crippen molar-refractivity contribution in [1.29, 1.82) is 0 Å². The molecule has 1 N–H and O–H groups in total. The molecule has 2 aliphatic heterocycles. The molecule has 2 saturated heterocycles. The van der Waals surface area contributed by atoms with Gasteiger partial charge in [-0.05, 0) is 28.1 Å². The van der Waals surface area contributed by atoms with Crippen LogP contribution in [0.5, 0.6) is 0 Å². The summed E-state index contributed by atoms with van der Waals surface area (Å²) in [6.07, 6.45) is 0.236. The topological polar surface area (TPSA) is 64.1 Å². The number of imide groups is 1. The molecule has 124 valence electrons. The van der Waals surface area contributed by atoms with Crippen LogP contribution in [-0.2, 0) is 9.59 Å². The van der Waals surface area contributed by atoms with Crippen molar-refractivity contribution in [3.8, 4) is 0 Å². The fraction of sp³-hybridized carbons (Fsp3) is 0.500. The summed E-state index contributed by atoms with van der Waals surface area (Å²) in [5, 5.41) is 8.99. The Morgan fingerprint density at radius 3 is 2.48 bits per heavy atom. The Kier molecular flexibility index (Phi) is 5.11. The van der Waals surface area contributed by atoms with E-state index in [9.17, 15) is 9.59 Å². The van der Waals surface area contributed by atoms with Crippen LogP contribution in [0.25, 0.3) is 0 Å². The summed E-state index contributed by atoms with van der Waals surface area (Å²) >= 11 is 3.41. The third-order valence-corrected chi connectivity index (χ3v) is 5.15. The maximum absolute atomic E-state index is 12.8. The molecule has 0 radical (unpaired) electrons. The van der Waals surface area contributed by atoms with E-state index in [1.54, 1.807) is 6.07 Å². The van der Waals surface area contributed by atoms with Crippen molar-refractivity contribution in [2.75, 3.05) is 44.2 Å². The van der Waals surface area contributed by atoms with Crippen molar-refractivity contribution in [3.05, 3.63) is 28.7 Å². The number of hydrogen-bond donors (Lipinski definition) is 1. The van der Waals surface area contributed by atoms with Gasteiger partial charge in [-0.3, -0.25) is 19.4 Å². The van der Waals surface area contributed by atoms with Crippen molar-refractivity contribution < 1.29 is 14.7 Å². The van der Waals surface area contributed by atoms with Gasteiger partial charge in [-0.15, -0.1) is 0 Å². The molecule has 2 aliphatic rings. The summed E-state index contributed by atoms with van der Waals surface area (Å²) in [5.41, 5.74) is 0.615. The predicted octanol–water partition coefficient (Wildman–Crippen LogP) is 0.691. The molecule has 1 aromatic carbocycles. The lowest BCUT2D eigenvalue weighted by Gasteiger charge is -2.36. The van der Waals surface area contributed by atoms with Gasteiger partial charge in [0.15, 0.2) is 0 Å². The second kappa shape index (κ2) is 7.09. The van der Waals surface area contributed by atoms with Crippen molar-refractivity contribution in [1.82, 2.24) is 9.80 Å². The highest BCUT2D eigenvalue weighted by Crippen LogP contribution is 2.31. The molecule has 7 heteroatoms. The number of benzene rings is 1. The molecule has 3 rings (SSSR count). The first-order chi connectivity index (χ1) is 11.1. The summed E-state index contributed by atoms with van der Waals surface area (Å²) in [6.45, 7) is 3.92. The number of hydrogen-bond acceptors (Lipinski definition) is 5. The number of aliphatic hydroxyl groups excluding tert-OH is 1. The molecule has 6 nitrogen and oxygen atoms in total. The highest BCUT2D eigenvalue weighted by molar-refractivity contribution is 9.10. The lowest BCUT2D eigenvalue weighted by Crippen LogP contribution is -2.53. The number of nitrogens with zero attached hydrogens (tertiary/aromatic N) is 3. The number of piperazine rings is 1. The number of carbonyl (C=O) groups excluding carboxylic acids is 2. The number of para-hydroxylation sites is 1. The number of amides is 2. The molecule has 23 heavy (non-hydrogen) atoms. The molecule has 2 fully saturated rings. The van der Waals surface area contributed by atoms with Crippen LogP contribution in [0.15, 0.2) is 28.7 Å². The normalized spacial score (nSPS) is 23.7. The van der Waals surface area contributed by atoms with Gasteiger partial charge in [0.05, 0.1) is 24.8 Å². The standard InChI is InChI=1S/C16H20BrN3O3/c17-12-3-1-2-4-13(12)20-15(22)11-14(16(20)23)19-7-5-18(6-8-19)9-10-21/h1-4,14,21H,5-11H2. The van der Waals surface area contributed by atoms with Crippen molar-refractivity contribution in [3.63, 3.8) is 0 Å². The van der Waals surface area contributed by atoms with Crippen molar-refractivity contribution in [2.24, 2.45) is 0 Å². The second-order valence-corrected chi connectivity index (χ2v) is 6.69. The Labute approximate surface area is 143 Å². The number of β-amino-alcohol motifs (C(OH)–C–C–N with tert-alkyl or cyclic N) is 1. The van der Waals surface area contributed by atoms with Gasteiger partial charge in [0.25, 0.3) is 5.91 Å². The van der Waals surface area contributed by atoms with Gasteiger partial charge in [0.1, 0.15) is 0 Å². The lowest BCUT2D eigenvalue weighted by atomic mass is 10.1. The van der Waals surface area contributed by atoms with Gasteiger partial charge < -0.3 is 5.11 Å². The summed E-state index contributed by atoms with van der Waals surface area (Å²) < 4.78 is 0.745. The quantitative estimate of drug-likeness (QED) is 0.777. The van der Waals surface area contributed by atoms with Gasteiger partial charge in [0.2, 0.25) is 5.91 Å². The fourth-order valence-corrected chi connectivity index (χ4v) is 3.69. The van der Waals surface area contributed by atoms with E-state index in [1.807, 2.05) is 18.2 Å². The van der Waals surface area contributed by atoms with Gasteiger partial charge in [-0.2, -0.15) is 0 Å². The molecular weight excluding hydrogens is 362 g/mol. The first-order valence-corrected chi connectivity index (χ1v) is 8.59. The number of carbonyl (C=O) groups is 2. The first-order valence-electron chi connectivity index (χ1n) is 7.80. The van der Waals surface area contributed by atoms with Gasteiger partial charge in [0, 0.05) is 37.2 Å². The number of halogens is 1. The third-order valence-electron chi connectivity index (χ3n) is 4.48. The van der Waals surface area contributed by atoms with E-state index in [1.165, 1.54) is 4.90 Å². The number of rotatable bonds is 4. The van der Waals surface area contributed by atoms with Gasteiger partial charge in [-0.25, -0.2) is 4.90 Å². The minimum Gasteiger partial charge on any atom is -0.395 e. The van der Waals surface area contributed by atoms with Crippen LogP contribution in [0, 0.1) is 0 Å². The fourth-order valence-electron chi connectivity index (χ4n) is 3.23. The van der Waals surface area contributed by atoms with E-state index >= 15 is 0 Å². The molecule has 1 unspecified atom stereocenters. The molecule has 0 bridgehead atoms. The molecule has 0 saturated carbocycles. The average molecular weight is 382 g/mol. The molecule has 2 amide bonds. The third kappa shape index (κ3) is 3.33. The van der Waals surface area contributed by atoms with Crippen LogP contribution >= 0.6 is 15.9 Å². The minimum absolute atomic E-state index is 0.141. The largest absolute Gasteiger partial charge is 0.395 e. The van der Waals surface area contributed by atoms with Gasteiger partial charge in [-0.1, -0.05) is 12.1 Å². The Balaban J connectivity index is 1.71. The zero-order chi connectivity index (χ0) is 16.4. The van der Waals surface area contributed by atoms with E-state index in [2.05, 4.69) is 25.7 Å². The molecular formula is C16H20BrN3O3. The first kappa shape index (κ1) is 16.6. The second-order valence-electron chi connectivity index (χ2n) is 5.84. The van der Waals surface area contributed by atoms with E-state index in [0.29, 0.717) is 12.2 Å². The summed E-state index contributed by atoms with van der Waals surface area (Å²) in [6, 6.07) is 6.92. The minimum atomic E-state index is -0.370. The van der Waals surface area contributed by atoms with Crippen LogP contribution in [0.4, 0.5) is 5.69 Å². The lowest BCUT2D eigenvalue weighted by molar-refractivity contribution is -0.123. The Morgan fingerprint density at radius 2 is 1.83 bits per heavy atom. The molecule has 0 aliphatic carbocycles. The number of aliphatic hydroxyl groups is 1. The van der Waals surface area contributed by atoms with Crippen molar-refractivity contribution >= 4 is 33.4 Å². The van der Waals surface area contributed by atoms with Crippen LogP contribution in [0.3, 0.4) is 0 Å². The van der Waals surface area contributed by atoms with E-state index in [0.717, 1.165) is 30.7 Å². The van der Waals surface area contributed by atoms with Crippen LogP contribution in [-0.4, -0.2) is 72.1 Å². The molecule has 1 aromatic rings. The Bertz CT molecular complexity index is 602. The van der Waals surface area contributed by atoms with E-state index < -0.39 is 0 Å². The molecule has 2 heterocycles. The Morgan fingerprint density at radius 1 is 1.13 bits per heavy atom. The molecule has 0 aromatic heterocycles.